The van der Waals surface area contributed by atoms with Crippen LogP contribution in [-0.2, 0) is 14.3 Å². The number of nitrogens with zero attached hydrogens (tertiary/aromatic N) is 1. The second-order valence-corrected chi connectivity index (χ2v) is 6.12. The van der Waals surface area contributed by atoms with Gasteiger partial charge in [0.05, 0.1) is 17.0 Å². The van der Waals surface area contributed by atoms with Crippen molar-refractivity contribution in [1.29, 1.82) is 0 Å². The van der Waals surface area contributed by atoms with Gasteiger partial charge in [-0.15, -0.1) is 11.3 Å². The van der Waals surface area contributed by atoms with Crippen LogP contribution in [0.3, 0.4) is 0 Å². The summed E-state index contributed by atoms with van der Waals surface area (Å²) in [7, 11) is -3.41. The summed E-state index contributed by atoms with van der Waals surface area (Å²) in [5.74, 6) is 0. The lowest BCUT2D eigenvalue weighted by Gasteiger charge is -2.08. The third-order valence-corrected chi connectivity index (χ3v) is 3.18. The van der Waals surface area contributed by atoms with E-state index < -0.39 is 16.2 Å². The van der Waals surface area contributed by atoms with Crippen LogP contribution >= 0.6 is 11.3 Å². The van der Waals surface area contributed by atoms with Crippen LogP contribution in [0.15, 0.2) is 0 Å². The third kappa shape index (κ3) is 3.04. The Labute approximate surface area is 88.1 Å². The fourth-order valence-electron chi connectivity index (χ4n) is 1.23. The minimum atomic E-state index is -3.41. The smallest absolute Gasteiger partial charge is 0.261 e. The average Bonchev–Trinajstić information content (AvgIpc) is 2.26. The van der Waals surface area contributed by atoms with Crippen LogP contribution in [0.25, 0.3) is 0 Å². The molecule has 6 heteroatoms. The number of thiazole rings is 1. The highest BCUT2D eigenvalue weighted by atomic mass is 32.2. The molecule has 0 radical (unpaired) electrons. The van der Waals surface area contributed by atoms with E-state index in [1.807, 2.05) is 13.8 Å². The molecule has 4 nitrogen and oxygen atoms in total. The molecule has 1 atom stereocenters. The van der Waals surface area contributed by atoms with Crippen molar-refractivity contribution in [2.45, 2.75) is 26.9 Å². The second kappa shape index (κ2) is 3.96. The number of hydrogen-bond acceptors (Lipinski definition) is 5. The predicted octanol–water partition coefficient (Wildman–Crippen LogP) is 1.80. The Morgan fingerprint density at radius 2 is 2.00 bits per heavy atom. The predicted molar refractivity (Wildman–Crippen MR) is 55.9 cm³/mol. The maximum Gasteiger partial charge on any atom is 0.265 e. The zero-order chi connectivity index (χ0) is 10.9. The molecule has 0 aliphatic heterocycles. The SMILES string of the molecule is Cc1nc(C(C)OS(C)(=O)=O)c(C)s1. The monoisotopic (exact) mass is 235 g/mol. The Morgan fingerprint density at radius 1 is 1.43 bits per heavy atom. The van der Waals surface area contributed by atoms with Gasteiger partial charge in [0, 0.05) is 4.88 Å². The molecule has 0 fully saturated rings. The number of hydrogen-bond donors (Lipinski definition) is 0. The molecule has 1 unspecified atom stereocenters. The van der Waals surface area contributed by atoms with Crippen LogP contribution in [0.1, 0.15) is 28.6 Å². The fourth-order valence-corrected chi connectivity index (χ4v) is 2.75. The van der Waals surface area contributed by atoms with Crippen molar-refractivity contribution in [1.82, 2.24) is 4.98 Å². The minimum absolute atomic E-state index is 0.505. The van der Waals surface area contributed by atoms with Gasteiger partial charge in [-0.1, -0.05) is 0 Å². The van der Waals surface area contributed by atoms with Crippen molar-refractivity contribution in [2.75, 3.05) is 6.26 Å². The van der Waals surface area contributed by atoms with Crippen LogP contribution in [-0.4, -0.2) is 19.7 Å². The molecule has 1 aromatic heterocycles. The lowest BCUT2D eigenvalue weighted by atomic mass is 10.3. The first kappa shape index (κ1) is 11.6. The van der Waals surface area contributed by atoms with Crippen molar-refractivity contribution in [3.8, 4) is 0 Å². The van der Waals surface area contributed by atoms with E-state index in [0.717, 1.165) is 16.1 Å². The largest absolute Gasteiger partial charge is 0.265 e. The van der Waals surface area contributed by atoms with E-state index in [0.29, 0.717) is 5.69 Å². The lowest BCUT2D eigenvalue weighted by Crippen LogP contribution is -2.08. The molecule has 1 aromatic rings. The van der Waals surface area contributed by atoms with Gasteiger partial charge >= 0.3 is 0 Å². The van der Waals surface area contributed by atoms with Crippen molar-refractivity contribution in [3.63, 3.8) is 0 Å². The Kier molecular flexibility index (Phi) is 3.28. The molecule has 0 amide bonds. The van der Waals surface area contributed by atoms with Gasteiger partial charge in [0.1, 0.15) is 6.10 Å². The Morgan fingerprint density at radius 3 is 2.36 bits per heavy atom. The van der Waals surface area contributed by atoms with Crippen LogP contribution in [0.2, 0.25) is 0 Å². The van der Waals surface area contributed by atoms with Crippen LogP contribution in [0.4, 0.5) is 0 Å². The number of rotatable bonds is 3. The van der Waals surface area contributed by atoms with Crippen molar-refractivity contribution < 1.29 is 12.6 Å². The summed E-state index contributed by atoms with van der Waals surface area (Å²) in [6.45, 7) is 5.47. The molecule has 14 heavy (non-hydrogen) atoms. The summed E-state index contributed by atoms with van der Waals surface area (Å²) < 4.78 is 26.6. The molecule has 1 heterocycles. The molecule has 0 aliphatic carbocycles. The molecular formula is C8H13NO3S2. The van der Waals surface area contributed by atoms with Crippen LogP contribution < -0.4 is 0 Å². The lowest BCUT2D eigenvalue weighted by molar-refractivity contribution is 0.231. The first-order chi connectivity index (χ1) is 6.29. The van der Waals surface area contributed by atoms with Gasteiger partial charge in [-0.25, -0.2) is 4.98 Å². The highest BCUT2D eigenvalue weighted by molar-refractivity contribution is 7.86. The zero-order valence-electron chi connectivity index (χ0n) is 8.57. The summed E-state index contributed by atoms with van der Waals surface area (Å²) in [4.78, 5) is 5.22. The molecular weight excluding hydrogens is 222 g/mol. The van der Waals surface area contributed by atoms with E-state index in [2.05, 4.69) is 4.98 Å². The highest BCUT2D eigenvalue weighted by Gasteiger charge is 2.17. The van der Waals surface area contributed by atoms with E-state index >= 15 is 0 Å². The van der Waals surface area contributed by atoms with Crippen LogP contribution in [0.5, 0.6) is 0 Å². The molecule has 0 N–H and O–H groups in total. The van der Waals surface area contributed by atoms with Gasteiger partial charge in [-0.05, 0) is 20.8 Å². The van der Waals surface area contributed by atoms with E-state index in [1.165, 1.54) is 11.3 Å². The van der Waals surface area contributed by atoms with E-state index in [9.17, 15) is 8.42 Å². The summed E-state index contributed by atoms with van der Waals surface area (Å²) in [6.07, 6.45) is 0.535. The highest BCUT2D eigenvalue weighted by Crippen LogP contribution is 2.25. The van der Waals surface area contributed by atoms with E-state index in [-0.39, 0.29) is 0 Å². The maximum atomic E-state index is 10.9. The van der Waals surface area contributed by atoms with Gasteiger partial charge in [0.2, 0.25) is 0 Å². The maximum absolute atomic E-state index is 10.9. The Bertz CT molecular complexity index is 422. The summed E-state index contributed by atoms with van der Waals surface area (Å²) in [6, 6.07) is 0. The topological polar surface area (TPSA) is 56.3 Å². The summed E-state index contributed by atoms with van der Waals surface area (Å²) in [5, 5.41) is 0.918. The minimum Gasteiger partial charge on any atom is -0.261 e. The Balaban J connectivity index is 2.90. The molecule has 0 saturated heterocycles. The first-order valence-electron chi connectivity index (χ1n) is 4.12. The second-order valence-electron chi connectivity index (χ2n) is 3.12. The molecule has 1 rings (SSSR count). The van der Waals surface area contributed by atoms with Crippen molar-refractivity contribution in [2.24, 2.45) is 0 Å². The van der Waals surface area contributed by atoms with Gasteiger partial charge < -0.3 is 0 Å². The summed E-state index contributed by atoms with van der Waals surface area (Å²) >= 11 is 1.54. The van der Waals surface area contributed by atoms with Crippen molar-refractivity contribution in [3.05, 3.63) is 15.6 Å². The third-order valence-electron chi connectivity index (χ3n) is 1.64. The molecule has 0 saturated carbocycles. The van der Waals surface area contributed by atoms with Gasteiger partial charge in [-0.2, -0.15) is 8.42 Å². The fraction of sp³-hybridized carbons (Fsp3) is 0.625. The standard InChI is InChI=1S/C8H13NO3S2/c1-5(12-14(4,10)11)8-6(2)13-7(3)9-8/h5H,1-4H3. The molecule has 0 aromatic carbocycles. The van der Waals surface area contributed by atoms with Gasteiger partial charge in [0.25, 0.3) is 10.1 Å². The van der Waals surface area contributed by atoms with E-state index in [4.69, 9.17) is 4.18 Å². The molecule has 0 spiro atoms. The Hall–Kier alpha value is -0.460. The van der Waals surface area contributed by atoms with Crippen LogP contribution in [0, 0.1) is 13.8 Å². The average molecular weight is 235 g/mol. The first-order valence-corrected chi connectivity index (χ1v) is 6.75. The number of aromatic nitrogens is 1. The van der Waals surface area contributed by atoms with Gasteiger partial charge in [-0.3, -0.25) is 4.18 Å². The zero-order valence-corrected chi connectivity index (χ0v) is 10.2. The summed E-state index contributed by atoms with van der Waals surface area (Å²) in [5.41, 5.74) is 0.706. The molecule has 0 bridgehead atoms. The van der Waals surface area contributed by atoms with Crippen molar-refractivity contribution >= 4 is 21.5 Å². The van der Waals surface area contributed by atoms with Gasteiger partial charge in [0.15, 0.2) is 0 Å². The number of aryl methyl sites for hydroxylation is 2. The normalized spacial score (nSPS) is 14.3. The quantitative estimate of drug-likeness (QED) is 0.750. The molecule has 80 valence electrons. The van der Waals surface area contributed by atoms with E-state index in [1.54, 1.807) is 6.92 Å². The molecule has 0 aliphatic rings.